The van der Waals surface area contributed by atoms with Crippen molar-refractivity contribution in [2.75, 3.05) is 19.7 Å². The van der Waals surface area contributed by atoms with Gasteiger partial charge in [-0.3, -0.25) is 0 Å². The Bertz CT molecular complexity index is 232. The van der Waals surface area contributed by atoms with Crippen molar-refractivity contribution in [3.05, 3.63) is 11.6 Å². The van der Waals surface area contributed by atoms with Crippen molar-refractivity contribution in [2.24, 2.45) is 5.92 Å². The highest BCUT2D eigenvalue weighted by atomic mass is 32.1. The zero-order valence-corrected chi connectivity index (χ0v) is 8.35. The summed E-state index contributed by atoms with van der Waals surface area (Å²) in [4.78, 5) is 4.06. The molecule has 1 N–H and O–H groups in total. The molecule has 0 aliphatic carbocycles. The first-order valence-electron chi connectivity index (χ1n) is 4.68. The Kier molecular flexibility index (Phi) is 3.16. The number of nitrogens with one attached hydrogen (secondary N) is 1. The highest BCUT2D eigenvalue weighted by Gasteiger charge is 2.13. The smallest absolute Gasteiger partial charge is 0.273 e. The number of hydrogen-bond acceptors (Lipinski definition) is 4. The van der Waals surface area contributed by atoms with E-state index in [1.165, 1.54) is 13.0 Å². The normalized spacial score (nSPS) is 22.0. The van der Waals surface area contributed by atoms with Gasteiger partial charge in [-0.15, -0.1) is 0 Å². The van der Waals surface area contributed by atoms with E-state index >= 15 is 0 Å². The van der Waals surface area contributed by atoms with Crippen molar-refractivity contribution >= 4 is 11.3 Å². The molecule has 0 spiro atoms. The van der Waals surface area contributed by atoms with Crippen LogP contribution in [0.1, 0.15) is 12.8 Å². The van der Waals surface area contributed by atoms with E-state index in [0.717, 1.165) is 30.7 Å². The maximum absolute atomic E-state index is 5.49. The van der Waals surface area contributed by atoms with Crippen LogP contribution in [-0.2, 0) is 0 Å². The lowest BCUT2D eigenvalue weighted by Crippen LogP contribution is -2.11. The second-order valence-corrected chi connectivity index (χ2v) is 4.15. The average molecular weight is 198 g/mol. The molecule has 2 heterocycles. The highest BCUT2D eigenvalue weighted by molar-refractivity contribution is 7.11. The van der Waals surface area contributed by atoms with Crippen LogP contribution in [0.4, 0.5) is 0 Å². The van der Waals surface area contributed by atoms with Gasteiger partial charge >= 0.3 is 0 Å². The van der Waals surface area contributed by atoms with Crippen molar-refractivity contribution in [3.8, 4) is 5.19 Å². The summed E-state index contributed by atoms with van der Waals surface area (Å²) < 4.78 is 5.49. The van der Waals surface area contributed by atoms with Gasteiger partial charge in [0.1, 0.15) is 0 Å². The molecule has 1 aromatic heterocycles. The van der Waals surface area contributed by atoms with Crippen LogP contribution in [0.2, 0.25) is 0 Å². The van der Waals surface area contributed by atoms with Gasteiger partial charge in [0.25, 0.3) is 5.19 Å². The molecule has 1 fully saturated rings. The molecular weight excluding hydrogens is 184 g/mol. The molecular formula is C9H14N2OS. The SMILES string of the molecule is c1csc(OCCC2CCNC2)n1. The molecule has 13 heavy (non-hydrogen) atoms. The van der Waals surface area contributed by atoms with E-state index in [9.17, 15) is 0 Å². The van der Waals surface area contributed by atoms with E-state index in [1.807, 2.05) is 5.38 Å². The van der Waals surface area contributed by atoms with Gasteiger partial charge in [-0.1, -0.05) is 11.3 Å². The monoisotopic (exact) mass is 198 g/mol. The van der Waals surface area contributed by atoms with Crippen LogP contribution in [0.15, 0.2) is 11.6 Å². The fourth-order valence-corrected chi connectivity index (χ4v) is 2.07. The number of nitrogens with zero attached hydrogens (tertiary/aromatic N) is 1. The zero-order valence-electron chi connectivity index (χ0n) is 7.53. The number of thiazole rings is 1. The Morgan fingerprint density at radius 3 is 3.38 bits per heavy atom. The molecule has 2 rings (SSSR count). The van der Waals surface area contributed by atoms with Crippen LogP contribution in [0.25, 0.3) is 0 Å². The highest BCUT2D eigenvalue weighted by Crippen LogP contribution is 2.16. The molecule has 4 heteroatoms. The molecule has 1 unspecified atom stereocenters. The minimum absolute atomic E-state index is 0.797. The largest absolute Gasteiger partial charge is 0.470 e. The van der Waals surface area contributed by atoms with Gasteiger partial charge in [0, 0.05) is 11.6 Å². The molecule has 1 aromatic rings. The predicted octanol–water partition coefficient (Wildman–Crippen LogP) is 1.52. The van der Waals surface area contributed by atoms with Crippen LogP contribution in [0, 0.1) is 5.92 Å². The predicted molar refractivity (Wildman–Crippen MR) is 53.2 cm³/mol. The Morgan fingerprint density at radius 1 is 1.69 bits per heavy atom. The number of hydrogen-bond donors (Lipinski definition) is 1. The van der Waals surface area contributed by atoms with Crippen molar-refractivity contribution in [3.63, 3.8) is 0 Å². The van der Waals surface area contributed by atoms with Gasteiger partial charge in [-0.05, 0) is 31.8 Å². The summed E-state index contributed by atoms with van der Waals surface area (Å²) >= 11 is 1.56. The fourth-order valence-electron chi connectivity index (χ4n) is 1.56. The molecule has 1 saturated heterocycles. The molecule has 1 aliphatic heterocycles. The molecule has 0 aromatic carbocycles. The van der Waals surface area contributed by atoms with Crippen molar-refractivity contribution in [1.29, 1.82) is 0 Å². The van der Waals surface area contributed by atoms with Crippen LogP contribution < -0.4 is 10.1 Å². The Labute approximate surface area is 82.1 Å². The topological polar surface area (TPSA) is 34.1 Å². The summed E-state index contributed by atoms with van der Waals surface area (Å²) in [6.45, 7) is 3.13. The van der Waals surface area contributed by atoms with Gasteiger partial charge in [-0.25, -0.2) is 4.98 Å². The summed E-state index contributed by atoms with van der Waals surface area (Å²) in [5.74, 6) is 0.806. The molecule has 0 bridgehead atoms. The third kappa shape index (κ3) is 2.67. The van der Waals surface area contributed by atoms with E-state index in [0.29, 0.717) is 0 Å². The van der Waals surface area contributed by atoms with E-state index in [-0.39, 0.29) is 0 Å². The van der Waals surface area contributed by atoms with Crippen molar-refractivity contribution in [1.82, 2.24) is 10.3 Å². The van der Waals surface area contributed by atoms with E-state index in [2.05, 4.69) is 10.3 Å². The van der Waals surface area contributed by atoms with E-state index in [4.69, 9.17) is 4.74 Å². The Morgan fingerprint density at radius 2 is 2.69 bits per heavy atom. The summed E-state index contributed by atoms with van der Waals surface area (Å²) in [6, 6.07) is 0. The first-order valence-corrected chi connectivity index (χ1v) is 5.56. The lowest BCUT2D eigenvalue weighted by Gasteiger charge is -2.07. The second kappa shape index (κ2) is 4.58. The molecule has 1 atom stereocenters. The first-order chi connectivity index (χ1) is 6.45. The number of aromatic nitrogens is 1. The molecule has 0 saturated carbocycles. The molecule has 0 radical (unpaired) electrons. The molecule has 1 aliphatic rings. The quantitative estimate of drug-likeness (QED) is 0.796. The summed E-state index contributed by atoms with van der Waals surface area (Å²) in [5, 5.41) is 6.08. The van der Waals surface area contributed by atoms with Gasteiger partial charge in [0.2, 0.25) is 0 Å². The van der Waals surface area contributed by atoms with Gasteiger partial charge < -0.3 is 10.1 Å². The van der Waals surface area contributed by atoms with Crippen LogP contribution in [0.3, 0.4) is 0 Å². The third-order valence-corrected chi connectivity index (χ3v) is 3.01. The molecule has 72 valence electrons. The van der Waals surface area contributed by atoms with Crippen molar-refractivity contribution < 1.29 is 4.74 Å². The summed E-state index contributed by atoms with van der Waals surface area (Å²) in [5.41, 5.74) is 0. The Balaban J connectivity index is 1.63. The van der Waals surface area contributed by atoms with Crippen LogP contribution >= 0.6 is 11.3 Å². The number of ether oxygens (including phenoxy) is 1. The number of rotatable bonds is 4. The van der Waals surface area contributed by atoms with Gasteiger partial charge in [0.15, 0.2) is 0 Å². The first kappa shape index (κ1) is 8.97. The summed E-state index contributed by atoms with van der Waals surface area (Å²) in [6.07, 6.45) is 4.21. The van der Waals surface area contributed by atoms with Crippen LogP contribution in [-0.4, -0.2) is 24.7 Å². The second-order valence-electron chi connectivity index (χ2n) is 3.29. The fraction of sp³-hybridized carbons (Fsp3) is 0.667. The Hall–Kier alpha value is -0.610. The average Bonchev–Trinajstić information content (AvgIpc) is 2.75. The van der Waals surface area contributed by atoms with E-state index in [1.54, 1.807) is 17.5 Å². The maximum atomic E-state index is 5.49. The lowest BCUT2D eigenvalue weighted by atomic mass is 10.1. The standard InChI is InChI=1S/C9H14N2OS/c1-3-10-7-8(1)2-5-12-9-11-4-6-13-9/h4,6,8,10H,1-3,5,7H2. The summed E-state index contributed by atoms with van der Waals surface area (Å²) in [7, 11) is 0. The van der Waals surface area contributed by atoms with E-state index < -0.39 is 0 Å². The minimum Gasteiger partial charge on any atom is -0.470 e. The third-order valence-electron chi connectivity index (χ3n) is 2.32. The molecule has 0 amide bonds. The van der Waals surface area contributed by atoms with Gasteiger partial charge in [0.05, 0.1) is 6.61 Å². The van der Waals surface area contributed by atoms with Crippen molar-refractivity contribution in [2.45, 2.75) is 12.8 Å². The molecule has 3 nitrogen and oxygen atoms in total. The van der Waals surface area contributed by atoms with Gasteiger partial charge in [-0.2, -0.15) is 0 Å². The zero-order chi connectivity index (χ0) is 8.93. The minimum atomic E-state index is 0.797. The lowest BCUT2D eigenvalue weighted by molar-refractivity contribution is 0.282. The maximum Gasteiger partial charge on any atom is 0.273 e. The van der Waals surface area contributed by atoms with Crippen LogP contribution in [0.5, 0.6) is 5.19 Å².